The maximum atomic E-state index is 15.5. The summed E-state index contributed by atoms with van der Waals surface area (Å²) in [6.07, 6.45) is -0.944. The normalized spacial score (nSPS) is 11.6. The van der Waals surface area contributed by atoms with Gasteiger partial charge in [-0.25, -0.2) is 23.5 Å². The van der Waals surface area contributed by atoms with E-state index >= 15 is 4.39 Å². The zero-order valence-corrected chi connectivity index (χ0v) is 24.3. The Morgan fingerprint density at radius 3 is 2.44 bits per heavy atom. The Kier molecular flexibility index (Phi) is 9.11. The summed E-state index contributed by atoms with van der Waals surface area (Å²) in [5.41, 5.74) is 8.54. The van der Waals surface area contributed by atoms with Gasteiger partial charge in [0, 0.05) is 30.7 Å². The molecule has 12 heteroatoms. The molecule has 228 valence electrons. The Bertz CT molecular complexity index is 1950. The van der Waals surface area contributed by atoms with Gasteiger partial charge in [0.15, 0.2) is 6.10 Å². The number of pyridine rings is 1. The second-order valence-corrected chi connectivity index (χ2v) is 10.0. The van der Waals surface area contributed by atoms with Crippen molar-refractivity contribution in [2.45, 2.75) is 25.7 Å². The van der Waals surface area contributed by atoms with Crippen LogP contribution in [0.1, 0.15) is 32.9 Å². The smallest absolute Gasteiger partial charge is 0.337 e. The molecule has 3 aromatic carbocycles. The maximum absolute atomic E-state index is 15.5. The van der Waals surface area contributed by atoms with E-state index in [0.29, 0.717) is 33.7 Å². The van der Waals surface area contributed by atoms with E-state index in [1.54, 1.807) is 53.1 Å². The third kappa shape index (κ3) is 6.79. The van der Waals surface area contributed by atoms with Crippen molar-refractivity contribution in [3.63, 3.8) is 0 Å². The third-order valence-corrected chi connectivity index (χ3v) is 7.18. The average molecular weight is 612 g/mol. The van der Waals surface area contributed by atoms with Crippen LogP contribution < -0.4 is 10.5 Å². The van der Waals surface area contributed by atoms with Crippen molar-refractivity contribution in [3.05, 3.63) is 113 Å². The van der Waals surface area contributed by atoms with E-state index in [0.717, 1.165) is 6.07 Å². The van der Waals surface area contributed by atoms with Crippen LogP contribution in [-0.2, 0) is 33.8 Å². The van der Waals surface area contributed by atoms with Crippen LogP contribution in [-0.4, -0.2) is 46.7 Å². The first-order valence-electron chi connectivity index (χ1n) is 13.7. The van der Waals surface area contributed by atoms with Crippen LogP contribution in [0.15, 0.2) is 72.8 Å². The van der Waals surface area contributed by atoms with Gasteiger partial charge in [-0.05, 0) is 48.0 Å². The first-order valence-corrected chi connectivity index (χ1v) is 13.7. The number of nitrogens with zero attached hydrogens (tertiary/aromatic N) is 4. The van der Waals surface area contributed by atoms with Gasteiger partial charge in [-0.15, -0.1) is 0 Å². The number of fused-ring (bicyclic) bond motifs is 1. The van der Waals surface area contributed by atoms with Gasteiger partial charge < -0.3 is 24.5 Å². The number of aromatic nitrogens is 3. The van der Waals surface area contributed by atoms with Crippen LogP contribution in [0.25, 0.3) is 22.3 Å². The van der Waals surface area contributed by atoms with E-state index in [2.05, 4.69) is 9.97 Å². The fourth-order valence-electron chi connectivity index (χ4n) is 4.76. The number of imidazole rings is 1. The molecule has 5 aromatic rings. The van der Waals surface area contributed by atoms with E-state index in [-0.39, 0.29) is 42.1 Å². The molecule has 0 aliphatic carbocycles. The summed E-state index contributed by atoms with van der Waals surface area (Å²) in [6, 6.07) is 20.4. The first-order chi connectivity index (χ1) is 21.7. The van der Waals surface area contributed by atoms with E-state index in [1.165, 1.54) is 32.4 Å². The van der Waals surface area contributed by atoms with Crippen molar-refractivity contribution < 1.29 is 32.6 Å². The summed E-state index contributed by atoms with van der Waals surface area (Å²) in [5.74, 6) is -1.69. The van der Waals surface area contributed by atoms with Crippen LogP contribution in [0, 0.1) is 23.0 Å². The lowest BCUT2D eigenvalue weighted by Gasteiger charge is -2.16. The summed E-state index contributed by atoms with van der Waals surface area (Å²) in [5, 5.41) is 8.92. The zero-order chi connectivity index (χ0) is 32.1. The van der Waals surface area contributed by atoms with Crippen LogP contribution in [0.2, 0.25) is 0 Å². The van der Waals surface area contributed by atoms with Gasteiger partial charge in [0.05, 0.1) is 47.6 Å². The molecular formula is C33H27F2N5O5. The molecular weight excluding hydrogens is 584 g/mol. The van der Waals surface area contributed by atoms with Gasteiger partial charge in [-0.2, -0.15) is 5.26 Å². The maximum Gasteiger partial charge on any atom is 0.337 e. The molecule has 2 aromatic heterocycles. The molecule has 0 bridgehead atoms. The Balaban J connectivity index is 1.40. The summed E-state index contributed by atoms with van der Waals surface area (Å²) in [7, 11) is 2.62. The molecule has 10 nitrogen and oxygen atoms in total. The lowest BCUT2D eigenvalue weighted by Crippen LogP contribution is -2.34. The van der Waals surface area contributed by atoms with Crippen LogP contribution in [0.4, 0.5) is 8.78 Å². The molecule has 0 aliphatic rings. The predicted molar refractivity (Wildman–Crippen MR) is 159 cm³/mol. The fraction of sp³-hybridized carbons (Fsp3) is 0.182. The number of rotatable bonds is 11. The highest BCUT2D eigenvalue weighted by molar-refractivity contribution is 5.93. The number of ether oxygens (including phenoxy) is 3. The van der Waals surface area contributed by atoms with Crippen molar-refractivity contribution >= 4 is 22.9 Å². The number of esters is 1. The number of primary amides is 1. The Hall–Kier alpha value is -5.67. The fourth-order valence-corrected chi connectivity index (χ4v) is 4.76. The van der Waals surface area contributed by atoms with Crippen molar-refractivity contribution in [1.29, 1.82) is 5.26 Å². The summed E-state index contributed by atoms with van der Waals surface area (Å²) >= 11 is 0. The number of carbonyl (C=O) groups is 2. The Labute approximate surface area is 256 Å². The molecule has 1 amide bonds. The van der Waals surface area contributed by atoms with Crippen molar-refractivity contribution in [1.82, 2.24) is 14.5 Å². The molecule has 0 saturated carbocycles. The number of nitriles is 1. The van der Waals surface area contributed by atoms with E-state index in [4.69, 9.17) is 25.2 Å². The number of amides is 1. The van der Waals surface area contributed by atoms with Crippen LogP contribution in [0.3, 0.4) is 0 Å². The number of hydrogen-bond donors (Lipinski definition) is 1. The molecule has 0 fully saturated rings. The molecule has 0 saturated heterocycles. The van der Waals surface area contributed by atoms with Crippen LogP contribution in [0.5, 0.6) is 5.88 Å². The highest BCUT2D eigenvalue weighted by Gasteiger charge is 2.22. The molecule has 0 unspecified atom stereocenters. The standard InChI is InChI=1S/C33H27F2N5O5/c1-43-29(32(37)41)17-40-28-14-22(33(42)44-2)10-11-27(28)38-30(40)15-20-8-9-21(13-25(20)35)26-4-3-5-31(39-26)45-18-23-7-6-19(16-36)12-24(23)34/h3-14,29H,15,17-18H2,1-2H3,(H2,37,41)/t29-/m0/s1. The highest BCUT2D eigenvalue weighted by atomic mass is 19.1. The van der Waals surface area contributed by atoms with E-state index < -0.39 is 29.6 Å². The third-order valence-electron chi connectivity index (χ3n) is 7.18. The van der Waals surface area contributed by atoms with Gasteiger partial charge in [0.1, 0.15) is 24.1 Å². The largest absolute Gasteiger partial charge is 0.473 e. The SMILES string of the molecule is COC(=O)c1ccc2nc(Cc3ccc(-c4cccc(OCc5ccc(C#N)cc5F)n4)cc3F)n(C[C@H](OC)C(N)=O)c2c1. The van der Waals surface area contributed by atoms with Crippen molar-refractivity contribution in [2.75, 3.05) is 14.2 Å². The second kappa shape index (κ2) is 13.3. The molecule has 0 aliphatic heterocycles. The molecule has 5 rings (SSSR count). The van der Waals surface area contributed by atoms with Crippen molar-refractivity contribution in [3.8, 4) is 23.2 Å². The zero-order valence-electron chi connectivity index (χ0n) is 24.3. The molecule has 0 radical (unpaired) electrons. The molecule has 2 N–H and O–H groups in total. The summed E-state index contributed by atoms with van der Waals surface area (Å²) < 4.78 is 47.2. The predicted octanol–water partition coefficient (Wildman–Crippen LogP) is 4.70. The molecule has 45 heavy (non-hydrogen) atoms. The van der Waals surface area contributed by atoms with E-state index in [1.807, 2.05) is 6.07 Å². The number of methoxy groups -OCH3 is 2. The second-order valence-electron chi connectivity index (χ2n) is 10.0. The number of nitrogens with two attached hydrogens (primary N) is 1. The minimum absolute atomic E-state index is 0.00885. The van der Waals surface area contributed by atoms with Crippen molar-refractivity contribution in [2.24, 2.45) is 5.73 Å². The van der Waals surface area contributed by atoms with Gasteiger partial charge in [-0.1, -0.05) is 24.3 Å². The van der Waals surface area contributed by atoms with Gasteiger partial charge in [0.2, 0.25) is 11.8 Å². The highest BCUT2D eigenvalue weighted by Crippen LogP contribution is 2.26. The lowest BCUT2D eigenvalue weighted by atomic mass is 10.1. The van der Waals surface area contributed by atoms with Crippen LogP contribution >= 0.6 is 0 Å². The summed E-state index contributed by atoms with van der Waals surface area (Å²) in [6.45, 7) is -0.117. The van der Waals surface area contributed by atoms with Gasteiger partial charge >= 0.3 is 5.97 Å². The minimum atomic E-state index is -0.996. The number of hydrogen-bond acceptors (Lipinski definition) is 8. The number of carbonyl (C=O) groups excluding carboxylic acids is 2. The number of halogens is 2. The minimum Gasteiger partial charge on any atom is -0.473 e. The summed E-state index contributed by atoms with van der Waals surface area (Å²) in [4.78, 5) is 33.2. The Morgan fingerprint density at radius 2 is 1.76 bits per heavy atom. The molecule has 0 spiro atoms. The monoisotopic (exact) mass is 611 g/mol. The number of benzene rings is 3. The molecule has 2 heterocycles. The van der Waals surface area contributed by atoms with E-state index in [9.17, 15) is 14.0 Å². The topological polar surface area (TPSA) is 142 Å². The quantitative estimate of drug-likeness (QED) is 0.212. The molecule has 1 atom stereocenters. The average Bonchev–Trinajstić information content (AvgIpc) is 3.39. The Morgan fingerprint density at radius 1 is 0.978 bits per heavy atom. The first kappa shape index (κ1) is 30.8. The lowest BCUT2D eigenvalue weighted by molar-refractivity contribution is -0.128. The van der Waals surface area contributed by atoms with Gasteiger partial charge in [0.25, 0.3) is 0 Å². The van der Waals surface area contributed by atoms with Gasteiger partial charge in [-0.3, -0.25) is 4.79 Å².